The van der Waals surface area contributed by atoms with Crippen molar-refractivity contribution in [2.45, 2.75) is 12.6 Å². The molecule has 0 heterocycles. The summed E-state index contributed by atoms with van der Waals surface area (Å²) in [5.41, 5.74) is 2.27. The van der Waals surface area contributed by atoms with Crippen molar-refractivity contribution in [1.29, 1.82) is 0 Å². The molecule has 1 amide bonds. The van der Waals surface area contributed by atoms with Crippen molar-refractivity contribution < 1.29 is 14.3 Å². The summed E-state index contributed by atoms with van der Waals surface area (Å²) >= 11 is 0. The fourth-order valence-corrected chi connectivity index (χ4v) is 3.06. The van der Waals surface area contributed by atoms with Gasteiger partial charge in [0.1, 0.15) is 18.1 Å². The number of hydrogen-bond donors (Lipinski definition) is 1. The van der Waals surface area contributed by atoms with Crippen LogP contribution in [0.3, 0.4) is 0 Å². The van der Waals surface area contributed by atoms with Gasteiger partial charge in [-0.3, -0.25) is 4.79 Å². The maximum absolute atomic E-state index is 12.2. The standard InChI is InChI=1S/C25H28N2O3/c1-27(2)24(21-11-7-4-8-12-21)17-26-25(28)19-30-23-15-13-22(14-16-23)29-18-20-9-5-3-6-10-20/h3-16,24H,17-19H2,1-2H3,(H,26,28)/t24-/m1/s1. The molecule has 1 atom stereocenters. The molecular formula is C25H28N2O3. The van der Waals surface area contributed by atoms with Crippen molar-refractivity contribution in [3.05, 3.63) is 96.1 Å². The van der Waals surface area contributed by atoms with Crippen LogP contribution in [0, 0.1) is 0 Å². The molecule has 3 aromatic carbocycles. The van der Waals surface area contributed by atoms with Gasteiger partial charge in [0.2, 0.25) is 0 Å². The van der Waals surface area contributed by atoms with Gasteiger partial charge in [0, 0.05) is 6.54 Å². The Hall–Kier alpha value is -3.31. The third-order valence-electron chi connectivity index (χ3n) is 4.74. The van der Waals surface area contributed by atoms with Gasteiger partial charge in [-0.25, -0.2) is 0 Å². The number of nitrogens with one attached hydrogen (secondary N) is 1. The number of amides is 1. The van der Waals surface area contributed by atoms with Crippen molar-refractivity contribution in [3.63, 3.8) is 0 Å². The molecule has 3 aromatic rings. The smallest absolute Gasteiger partial charge is 0.258 e. The second-order valence-electron chi connectivity index (χ2n) is 7.23. The summed E-state index contributed by atoms with van der Waals surface area (Å²) in [6.45, 7) is 1.00. The van der Waals surface area contributed by atoms with Crippen LogP contribution in [-0.2, 0) is 11.4 Å². The molecule has 5 heteroatoms. The molecule has 0 aliphatic carbocycles. The Kier molecular flexibility index (Phi) is 7.86. The second kappa shape index (κ2) is 11.0. The molecule has 5 nitrogen and oxygen atoms in total. The van der Waals surface area contributed by atoms with Gasteiger partial charge >= 0.3 is 0 Å². The molecule has 1 N–H and O–H groups in total. The summed E-state index contributed by atoms with van der Waals surface area (Å²) < 4.78 is 11.4. The average molecular weight is 405 g/mol. The predicted octanol–water partition coefficient (Wildman–Crippen LogP) is 4.06. The highest BCUT2D eigenvalue weighted by Gasteiger charge is 2.15. The minimum Gasteiger partial charge on any atom is -0.489 e. The van der Waals surface area contributed by atoms with Crippen LogP contribution in [0.15, 0.2) is 84.9 Å². The van der Waals surface area contributed by atoms with Crippen molar-refractivity contribution in [1.82, 2.24) is 10.2 Å². The molecule has 156 valence electrons. The van der Waals surface area contributed by atoms with E-state index in [2.05, 4.69) is 22.3 Å². The van der Waals surface area contributed by atoms with E-state index < -0.39 is 0 Å². The first-order valence-corrected chi connectivity index (χ1v) is 9.99. The first-order valence-electron chi connectivity index (χ1n) is 9.99. The lowest BCUT2D eigenvalue weighted by atomic mass is 10.1. The van der Waals surface area contributed by atoms with E-state index in [1.54, 1.807) is 12.1 Å². The number of nitrogens with zero attached hydrogens (tertiary/aromatic N) is 1. The van der Waals surface area contributed by atoms with Gasteiger partial charge in [-0.2, -0.15) is 0 Å². The Morgan fingerprint density at radius 2 is 1.40 bits per heavy atom. The number of benzene rings is 3. The molecule has 0 spiro atoms. The number of carbonyl (C=O) groups excluding carboxylic acids is 1. The van der Waals surface area contributed by atoms with E-state index in [9.17, 15) is 4.79 Å². The number of carbonyl (C=O) groups is 1. The maximum atomic E-state index is 12.2. The Labute approximate surface area is 178 Å². The van der Waals surface area contributed by atoms with Crippen LogP contribution >= 0.6 is 0 Å². The topological polar surface area (TPSA) is 50.8 Å². The largest absolute Gasteiger partial charge is 0.489 e. The van der Waals surface area contributed by atoms with E-state index >= 15 is 0 Å². The van der Waals surface area contributed by atoms with Gasteiger partial charge in [0.05, 0.1) is 6.04 Å². The number of likely N-dealkylation sites (N-methyl/N-ethyl adjacent to an activating group) is 1. The molecule has 3 rings (SSSR count). The zero-order valence-electron chi connectivity index (χ0n) is 17.5. The Balaban J connectivity index is 1.43. The van der Waals surface area contributed by atoms with Crippen LogP contribution in [0.25, 0.3) is 0 Å². The normalized spacial score (nSPS) is 11.7. The second-order valence-corrected chi connectivity index (χ2v) is 7.23. The predicted molar refractivity (Wildman–Crippen MR) is 119 cm³/mol. The van der Waals surface area contributed by atoms with E-state index in [0.717, 1.165) is 16.9 Å². The molecule has 0 saturated heterocycles. The lowest BCUT2D eigenvalue weighted by molar-refractivity contribution is -0.123. The minimum atomic E-state index is -0.151. The molecule has 0 aliphatic rings. The number of hydrogen-bond acceptors (Lipinski definition) is 4. The zero-order valence-corrected chi connectivity index (χ0v) is 17.5. The Morgan fingerprint density at radius 3 is 2.00 bits per heavy atom. The summed E-state index contributed by atoms with van der Waals surface area (Å²) in [6, 6.07) is 27.5. The minimum absolute atomic E-state index is 0.0286. The molecule has 0 aromatic heterocycles. The van der Waals surface area contributed by atoms with Crippen molar-refractivity contribution in [2.75, 3.05) is 27.2 Å². The third kappa shape index (κ3) is 6.64. The summed E-state index contributed by atoms with van der Waals surface area (Å²) in [5, 5.41) is 2.95. The fraction of sp³-hybridized carbons (Fsp3) is 0.240. The highest BCUT2D eigenvalue weighted by Crippen LogP contribution is 2.19. The SMILES string of the molecule is CN(C)[C@H](CNC(=O)COc1ccc(OCc2ccccc2)cc1)c1ccccc1. The van der Waals surface area contributed by atoms with Gasteiger partial charge in [-0.15, -0.1) is 0 Å². The first-order chi connectivity index (χ1) is 14.6. The van der Waals surface area contributed by atoms with E-state index in [0.29, 0.717) is 18.9 Å². The van der Waals surface area contributed by atoms with Gasteiger partial charge in [0.25, 0.3) is 5.91 Å². The Morgan fingerprint density at radius 1 is 0.833 bits per heavy atom. The first kappa shape index (κ1) is 21.4. The van der Waals surface area contributed by atoms with Gasteiger partial charge in [0.15, 0.2) is 6.61 Å². The molecule has 0 bridgehead atoms. The van der Waals surface area contributed by atoms with Crippen LogP contribution in [0.1, 0.15) is 17.2 Å². The molecule has 0 unspecified atom stereocenters. The van der Waals surface area contributed by atoms with Crippen LogP contribution < -0.4 is 14.8 Å². The highest BCUT2D eigenvalue weighted by atomic mass is 16.5. The van der Waals surface area contributed by atoms with E-state index in [4.69, 9.17) is 9.47 Å². The van der Waals surface area contributed by atoms with Crippen LogP contribution in [-0.4, -0.2) is 38.1 Å². The molecule has 30 heavy (non-hydrogen) atoms. The molecule has 0 radical (unpaired) electrons. The van der Waals surface area contributed by atoms with E-state index in [1.165, 1.54) is 0 Å². The highest BCUT2D eigenvalue weighted by molar-refractivity contribution is 5.77. The van der Waals surface area contributed by atoms with Crippen molar-refractivity contribution >= 4 is 5.91 Å². The van der Waals surface area contributed by atoms with Crippen molar-refractivity contribution in [3.8, 4) is 11.5 Å². The number of rotatable bonds is 10. The molecule has 0 saturated carbocycles. The summed E-state index contributed by atoms with van der Waals surface area (Å²) in [4.78, 5) is 14.3. The molecule has 0 fully saturated rings. The van der Waals surface area contributed by atoms with Crippen molar-refractivity contribution in [2.24, 2.45) is 0 Å². The van der Waals surface area contributed by atoms with Crippen LogP contribution in [0.5, 0.6) is 11.5 Å². The summed E-state index contributed by atoms with van der Waals surface area (Å²) in [7, 11) is 4.00. The zero-order chi connectivity index (χ0) is 21.2. The van der Waals surface area contributed by atoms with Gasteiger partial charge < -0.3 is 19.7 Å². The van der Waals surface area contributed by atoms with Gasteiger partial charge in [-0.1, -0.05) is 60.7 Å². The number of ether oxygens (including phenoxy) is 2. The van der Waals surface area contributed by atoms with E-state index in [1.807, 2.05) is 74.8 Å². The molecule has 0 aliphatic heterocycles. The third-order valence-corrected chi connectivity index (χ3v) is 4.74. The van der Waals surface area contributed by atoms with E-state index in [-0.39, 0.29) is 18.6 Å². The van der Waals surface area contributed by atoms with Crippen LogP contribution in [0.2, 0.25) is 0 Å². The quantitative estimate of drug-likeness (QED) is 0.554. The monoisotopic (exact) mass is 404 g/mol. The lowest BCUT2D eigenvalue weighted by Gasteiger charge is -2.25. The van der Waals surface area contributed by atoms with Crippen LogP contribution in [0.4, 0.5) is 0 Å². The lowest BCUT2D eigenvalue weighted by Crippen LogP contribution is -2.36. The molecular weight excluding hydrogens is 376 g/mol. The average Bonchev–Trinajstić information content (AvgIpc) is 2.78. The summed E-state index contributed by atoms with van der Waals surface area (Å²) in [5.74, 6) is 1.24. The Bertz CT molecular complexity index is 897. The maximum Gasteiger partial charge on any atom is 0.258 e. The van der Waals surface area contributed by atoms with Gasteiger partial charge in [-0.05, 0) is 49.5 Å². The fourth-order valence-electron chi connectivity index (χ4n) is 3.06. The summed E-state index contributed by atoms with van der Waals surface area (Å²) in [6.07, 6.45) is 0.